The van der Waals surface area contributed by atoms with Crippen molar-refractivity contribution < 1.29 is 18.0 Å². The molecule has 1 N–H and O–H groups in total. The Morgan fingerprint density at radius 2 is 1.76 bits per heavy atom. The van der Waals surface area contributed by atoms with Gasteiger partial charge >= 0.3 is 0 Å². The Labute approximate surface area is 178 Å². The van der Waals surface area contributed by atoms with Crippen LogP contribution in [0.1, 0.15) is 39.5 Å². The van der Waals surface area contributed by atoms with E-state index in [0.717, 1.165) is 10.4 Å². The van der Waals surface area contributed by atoms with Crippen LogP contribution in [0.15, 0.2) is 58.1 Å². The largest absolute Gasteiger partial charge is 0.351 e. The molecule has 3 aromatic rings. The highest BCUT2D eigenvalue weighted by atomic mass is 32.2. The van der Waals surface area contributed by atoms with Crippen LogP contribution < -0.4 is 5.32 Å². The predicted octanol–water partition coefficient (Wildman–Crippen LogP) is 4.08. The minimum absolute atomic E-state index is 0.00901. The second kappa shape index (κ2) is 9.02. The third kappa shape index (κ3) is 5.20. The fraction of sp³-hybridized carbons (Fsp3) is 0.238. The van der Waals surface area contributed by atoms with Gasteiger partial charge in [-0.3, -0.25) is 9.59 Å². The van der Waals surface area contributed by atoms with Crippen LogP contribution in [0.25, 0.3) is 0 Å². The van der Waals surface area contributed by atoms with Gasteiger partial charge < -0.3 is 5.32 Å². The number of amides is 1. The van der Waals surface area contributed by atoms with Crippen molar-refractivity contribution in [1.29, 1.82) is 0 Å². The lowest BCUT2D eigenvalue weighted by Gasteiger charge is -2.09. The summed E-state index contributed by atoms with van der Waals surface area (Å²) in [7, 11) is -3.32. The summed E-state index contributed by atoms with van der Waals surface area (Å²) in [6, 6.07) is 11.8. The fourth-order valence-electron chi connectivity index (χ4n) is 2.63. The zero-order chi connectivity index (χ0) is 21.0. The van der Waals surface area contributed by atoms with Crippen LogP contribution in [-0.2, 0) is 27.6 Å². The standard InChI is InChI=1S/C21H21NO4S3/c1-14(2)29(25,26)18-6-3-15(4-7-18)11-20(23)22-12-17-5-8-19(28-17)21(24)16-9-10-27-13-16/h3-10,13-14H,11-12H2,1-2H3,(H,22,23). The van der Waals surface area contributed by atoms with Crippen molar-refractivity contribution in [3.05, 3.63) is 74.1 Å². The molecule has 0 bridgehead atoms. The van der Waals surface area contributed by atoms with Gasteiger partial charge in [0, 0.05) is 15.8 Å². The van der Waals surface area contributed by atoms with Crippen LogP contribution in [-0.4, -0.2) is 25.4 Å². The SMILES string of the molecule is CC(C)S(=O)(=O)c1ccc(CC(=O)NCc2ccc(C(=O)c3ccsc3)s2)cc1. The van der Waals surface area contributed by atoms with Gasteiger partial charge in [-0.15, -0.1) is 11.3 Å². The number of hydrogen-bond acceptors (Lipinski definition) is 6. The molecular weight excluding hydrogens is 426 g/mol. The van der Waals surface area contributed by atoms with Crippen molar-refractivity contribution in [3.63, 3.8) is 0 Å². The molecule has 1 aromatic carbocycles. The summed E-state index contributed by atoms with van der Waals surface area (Å²) in [5.41, 5.74) is 1.42. The Balaban J connectivity index is 1.55. The number of nitrogens with one attached hydrogen (secondary N) is 1. The normalized spacial score (nSPS) is 11.6. The molecule has 0 radical (unpaired) electrons. The van der Waals surface area contributed by atoms with Crippen molar-refractivity contribution in [2.45, 2.75) is 37.0 Å². The Bertz CT molecular complexity index is 1100. The maximum Gasteiger partial charge on any atom is 0.224 e. The van der Waals surface area contributed by atoms with Crippen molar-refractivity contribution in [3.8, 4) is 0 Å². The third-order valence-corrected chi connectivity index (χ3v) is 8.30. The maximum atomic E-state index is 12.3. The predicted molar refractivity (Wildman–Crippen MR) is 116 cm³/mol. The van der Waals surface area contributed by atoms with Gasteiger partial charge in [0.2, 0.25) is 11.7 Å². The molecule has 0 saturated carbocycles. The van der Waals surface area contributed by atoms with Crippen molar-refractivity contribution in [1.82, 2.24) is 5.32 Å². The lowest BCUT2D eigenvalue weighted by atomic mass is 10.1. The van der Waals surface area contributed by atoms with Crippen molar-refractivity contribution >= 4 is 44.2 Å². The van der Waals surface area contributed by atoms with Crippen LogP contribution in [0, 0.1) is 0 Å². The second-order valence-electron chi connectivity index (χ2n) is 6.80. The van der Waals surface area contributed by atoms with Crippen molar-refractivity contribution in [2.75, 3.05) is 0 Å². The summed E-state index contributed by atoms with van der Waals surface area (Å²) in [4.78, 5) is 26.3. The lowest BCUT2D eigenvalue weighted by molar-refractivity contribution is -0.120. The number of sulfone groups is 1. The van der Waals surface area contributed by atoms with E-state index in [1.165, 1.54) is 22.7 Å². The summed E-state index contributed by atoms with van der Waals surface area (Å²) in [5.74, 6) is -0.172. The minimum atomic E-state index is -3.32. The maximum absolute atomic E-state index is 12.3. The molecular formula is C21H21NO4S3. The Morgan fingerprint density at radius 3 is 2.38 bits per heavy atom. The van der Waals surface area contributed by atoms with Gasteiger partial charge in [-0.25, -0.2) is 8.42 Å². The molecule has 0 aliphatic carbocycles. The molecule has 0 aliphatic rings. The van der Waals surface area contributed by atoms with Crippen LogP contribution >= 0.6 is 22.7 Å². The average molecular weight is 448 g/mol. The van der Waals surface area contributed by atoms with Gasteiger partial charge in [-0.1, -0.05) is 12.1 Å². The molecule has 0 unspecified atom stereocenters. The molecule has 0 aliphatic heterocycles. The summed E-state index contributed by atoms with van der Waals surface area (Å²) in [6.45, 7) is 3.63. The van der Waals surface area contributed by atoms with Gasteiger partial charge in [-0.2, -0.15) is 11.3 Å². The van der Waals surface area contributed by atoms with E-state index >= 15 is 0 Å². The van der Waals surface area contributed by atoms with Gasteiger partial charge in [0.1, 0.15) is 0 Å². The second-order valence-corrected chi connectivity index (χ2v) is 11.3. The third-order valence-electron chi connectivity index (χ3n) is 4.37. The smallest absolute Gasteiger partial charge is 0.224 e. The zero-order valence-corrected chi connectivity index (χ0v) is 18.5. The van der Waals surface area contributed by atoms with Crippen LogP contribution in [0.2, 0.25) is 0 Å². The number of carbonyl (C=O) groups is 2. The number of hydrogen-bond donors (Lipinski definition) is 1. The summed E-state index contributed by atoms with van der Waals surface area (Å²) < 4.78 is 24.3. The number of thiophene rings is 2. The van der Waals surface area contributed by atoms with E-state index in [9.17, 15) is 18.0 Å². The van der Waals surface area contributed by atoms with Crippen LogP contribution in [0.3, 0.4) is 0 Å². The Hall–Kier alpha value is -2.29. The highest BCUT2D eigenvalue weighted by molar-refractivity contribution is 7.92. The molecule has 0 saturated heterocycles. The molecule has 29 heavy (non-hydrogen) atoms. The molecule has 2 aromatic heterocycles. The van der Waals surface area contributed by atoms with E-state index in [1.54, 1.807) is 50.2 Å². The molecule has 8 heteroatoms. The summed E-state index contributed by atoms with van der Waals surface area (Å²) in [6.07, 6.45) is 0.161. The first kappa shape index (κ1) is 21.4. The lowest BCUT2D eigenvalue weighted by Crippen LogP contribution is -2.24. The molecule has 5 nitrogen and oxygen atoms in total. The van der Waals surface area contributed by atoms with Crippen molar-refractivity contribution in [2.24, 2.45) is 0 Å². The Morgan fingerprint density at radius 1 is 1.03 bits per heavy atom. The monoisotopic (exact) mass is 447 g/mol. The van der Waals surface area contributed by atoms with Crippen LogP contribution in [0.5, 0.6) is 0 Å². The molecule has 0 fully saturated rings. The van der Waals surface area contributed by atoms with E-state index in [0.29, 0.717) is 17.0 Å². The van der Waals surface area contributed by atoms with Gasteiger partial charge in [-0.05, 0) is 55.1 Å². The number of carbonyl (C=O) groups excluding carboxylic acids is 2. The Kier molecular flexibility index (Phi) is 6.66. The number of benzene rings is 1. The van der Waals surface area contributed by atoms with Crippen LogP contribution in [0.4, 0.5) is 0 Å². The van der Waals surface area contributed by atoms with Gasteiger partial charge in [0.05, 0.1) is 28.0 Å². The first-order valence-corrected chi connectivity index (χ1v) is 12.3. The quantitative estimate of drug-likeness (QED) is 0.528. The highest BCUT2D eigenvalue weighted by Gasteiger charge is 2.19. The van der Waals surface area contributed by atoms with E-state index in [-0.39, 0.29) is 23.0 Å². The number of ketones is 1. The first-order chi connectivity index (χ1) is 13.8. The highest BCUT2D eigenvalue weighted by Crippen LogP contribution is 2.21. The molecule has 2 heterocycles. The topological polar surface area (TPSA) is 80.3 Å². The van der Waals surface area contributed by atoms with E-state index in [4.69, 9.17) is 0 Å². The molecule has 1 amide bonds. The summed E-state index contributed by atoms with van der Waals surface area (Å²) in [5, 5.41) is 6.04. The fourth-order valence-corrected chi connectivity index (χ4v) is 5.24. The molecule has 0 atom stereocenters. The van der Waals surface area contributed by atoms with E-state index in [1.807, 2.05) is 16.8 Å². The first-order valence-electron chi connectivity index (χ1n) is 9.02. The molecule has 152 valence electrons. The molecule has 3 rings (SSSR count). The van der Waals surface area contributed by atoms with E-state index in [2.05, 4.69) is 5.32 Å². The zero-order valence-electron chi connectivity index (χ0n) is 16.0. The minimum Gasteiger partial charge on any atom is -0.351 e. The number of rotatable bonds is 8. The van der Waals surface area contributed by atoms with Gasteiger partial charge in [0.25, 0.3) is 0 Å². The summed E-state index contributed by atoms with van der Waals surface area (Å²) >= 11 is 2.85. The molecule has 0 spiro atoms. The van der Waals surface area contributed by atoms with Gasteiger partial charge in [0.15, 0.2) is 9.84 Å². The van der Waals surface area contributed by atoms with E-state index < -0.39 is 15.1 Å². The average Bonchev–Trinajstić information content (AvgIpc) is 3.38.